The molecule has 0 saturated carbocycles. The summed E-state index contributed by atoms with van der Waals surface area (Å²) in [7, 11) is 0. The minimum absolute atomic E-state index is 0.0763. The molecule has 4 heteroatoms. The molecule has 0 aliphatic carbocycles. The number of hydrogen-bond acceptors (Lipinski definition) is 3. The average Bonchev–Trinajstić information content (AvgIpc) is 3.45. The zero-order valence-corrected chi connectivity index (χ0v) is 52.6. The second-order valence-electron chi connectivity index (χ2n) is 23.2. The summed E-state index contributed by atoms with van der Waals surface area (Å²) in [5, 5.41) is 23.3. The van der Waals surface area contributed by atoms with E-state index in [0.717, 1.165) is 77.0 Å². The predicted octanol–water partition coefficient (Wildman–Crippen LogP) is 23.8. The third kappa shape index (κ3) is 65.7. The summed E-state index contributed by atoms with van der Waals surface area (Å²) in [6.07, 6.45) is 105. The maximum atomic E-state index is 12.5. The van der Waals surface area contributed by atoms with E-state index in [9.17, 15) is 15.0 Å². The van der Waals surface area contributed by atoms with Gasteiger partial charge in [-0.25, -0.2) is 0 Å². The molecule has 0 heterocycles. The van der Waals surface area contributed by atoms with Crippen LogP contribution in [0.15, 0.2) is 109 Å². The van der Waals surface area contributed by atoms with Crippen molar-refractivity contribution in [2.75, 3.05) is 6.61 Å². The van der Waals surface area contributed by atoms with E-state index in [1.54, 1.807) is 6.08 Å². The molecule has 0 radical (unpaired) electrons. The number of amides is 1. The number of carbonyl (C=O) groups is 1. The van der Waals surface area contributed by atoms with Crippen molar-refractivity contribution in [3.63, 3.8) is 0 Å². The highest BCUT2D eigenvalue weighted by atomic mass is 16.3. The fraction of sp³-hybridized carbons (Fsp3) is 0.747. The van der Waals surface area contributed by atoms with Crippen LogP contribution in [0.3, 0.4) is 0 Å². The Balaban J connectivity index is 3.52. The fourth-order valence-electron chi connectivity index (χ4n) is 10.3. The molecule has 0 aromatic heterocycles. The summed E-state index contributed by atoms with van der Waals surface area (Å²) < 4.78 is 0. The van der Waals surface area contributed by atoms with Crippen molar-refractivity contribution in [3.05, 3.63) is 109 Å². The van der Waals surface area contributed by atoms with E-state index in [-0.39, 0.29) is 12.5 Å². The number of aliphatic hydroxyl groups excluding tert-OH is 2. The van der Waals surface area contributed by atoms with Crippen molar-refractivity contribution in [1.29, 1.82) is 0 Å². The van der Waals surface area contributed by atoms with Gasteiger partial charge in [0.1, 0.15) is 0 Å². The second kappa shape index (κ2) is 69.3. The van der Waals surface area contributed by atoms with Crippen LogP contribution in [-0.2, 0) is 4.79 Å². The molecule has 0 aromatic carbocycles. The van der Waals surface area contributed by atoms with E-state index >= 15 is 0 Å². The monoisotopic (exact) mass is 1100 g/mol. The van der Waals surface area contributed by atoms with Crippen molar-refractivity contribution < 1.29 is 15.0 Å². The van der Waals surface area contributed by atoms with E-state index in [1.165, 1.54) is 244 Å². The van der Waals surface area contributed by atoms with E-state index in [4.69, 9.17) is 0 Å². The lowest BCUT2D eigenvalue weighted by molar-refractivity contribution is -0.123. The number of hydrogen-bond donors (Lipinski definition) is 3. The van der Waals surface area contributed by atoms with Gasteiger partial charge >= 0.3 is 0 Å². The summed E-state index contributed by atoms with van der Waals surface area (Å²) >= 11 is 0. The lowest BCUT2D eigenvalue weighted by Gasteiger charge is -2.19. The summed E-state index contributed by atoms with van der Waals surface area (Å²) in [6.45, 7) is 4.21. The van der Waals surface area contributed by atoms with E-state index in [2.05, 4.69) is 116 Å². The Hall–Kier alpha value is -2.95. The Kier molecular flexibility index (Phi) is 66.7. The van der Waals surface area contributed by atoms with Gasteiger partial charge in [0.25, 0.3) is 0 Å². The molecule has 0 bridgehead atoms. The smallest absolute Gasteiger partial charge is 0.220 e. The van der Waals surface area contributed by atoms with E-state index < -0.39 is 12.1 Å². The van der Waals surface area contributed by atoms with Gasteiger partial charge in [-0.2, -0.15) is 0 Å². The molecule has 1 amide bonds. The third-order valence-corrected chi connectivity index (χ3v) is 15.5. The topological polar surface area (TPSA) is 69.6 Å². The van der Waals surface area contributed by atoms with Gasteiger partial charge < -0.3 is 15.5 Å². The Bertz CT molecular complexity index is 1480. The highest BCUT2D eigenvalue weighted by Gasteiger charge is 2.18. The number of carbonyl (C=O) groups excluding carboxylic acids is 1. The number of nitrogens with one attached hydrogen (secondary N) is 1. The molecule has 0 spiro atoms. The van der Waals surface area contributed by atoms with Crippen LogP contribution in [0.5, 0.6) is 0 Å². The largest absolute Gasteiger partial charge is 0.394 e. The first-order valence-electron chi connectivity index (χ1n) is 34.6. The summed E-state index contributed by atoms with van der Waals surface area (Å²) in [5.41, 5.74) is 0. The molecule has 2 atom stereocenters. The molecule has 79 heavy (non-hydrogen) atoms. The van der Waals surface area contributed by atoms with E-state index in [1.807, 2.05) is 6.08 Å². The molecule has 0 fully saturated rings. The standard InChI is InChI=1S/C75H133NO3/c1-3-5-7-9-11-13-15-17-19-21-23-25-27-29-31-33-35-36-37-38-39-40-41-43-45-47-49-51-53-55-57-59-61-63-65-67-69-71-75(79)76-73(72-77)74(78)70-68-66-64-62-60-58-56-54-52-50-48-46-44-42-34-32-30-28-26-24-22-20-18-16-14-12-10-8-6-4-2/h5,7,11,13,17,19,23,25,29,31,35-36,52,54,60,62,68,70,73-74,77-78H,3-4,6,8-10,12,14-16,18,20-22,24,26-28,30,32-34,37-51,53,55-59,61,63-67,69,71-72H2,1-2H3,(H,76,79)/b7-5-,13-11-,19-17-,25-23-,31-29-,36-35-,54-52+,62-60+,70-68+. The average molecular weight is 1100 g/mol. The molecule has 4 nitrogen and oxygen atoms in total. The summed E-state index contributed by atoms with van der Waals surface area (Å²) in [4.78, 5) is 12.5. The molecule has 0 saturated heterocycles. The first-order chi connectivity index (χ1) is 39.2. The van der Waals surface area contributed by atoms with Crippen molar-refractivity contribution in [1.82, 2.24) is 5.32 Å². The fourth-order valence-corrected chi connectivity index (χ4v) is 10.3. The first kappa shape index (κ1) is 76.0. The maximum absolute atomic E-state index is 12.5. The van der Waals surface area contributed by atoms with Gasteiger partial charge in [0, 0.05) is 6.42 Å². The molecule has 2 unspecified atom stereocenters. The minimum atomic E-state index is -0.877. The Labute approximate surface area is 493 Å². The van der Waals surface area contributed by atoms with Crippen molar-refractivity contribution in [2.45, 2.75) is 353 Å². The van der Waals surface area contributed by atoms with Gasteiger partial charge in [0.2, 0.25) is 5.91 Å². The van der Waals surface area contributed by atoms with Gasteiger partial charge in [0.05, 0.1) is 18.8 Å². The van der Waals surface area contributed by atoms with Crippen LogP contribution < -0.4 is 5.32 Å². The predicted molar refractivity (Wildman–Crippen MR) is 354 cm³/mol. The number of aliphatic hydroxyl groups is 2. The lowest BCUT2D eigenvalue weighted by atomic mass is 10.0. The van der Waals surface area contributed by atoms with Crippen LogP contribution in [0.25, 0.3) is 0 Å². The number of unbranched alkanes of at least 4 members (excludes halogenated alkanes) is 40. The maximum Gasteiger partial charge on any atom is 0.220 e. The second-order valence-corrected chi connectivity index (χ2v) is 23.2. The zero-order valence-electron chi connectivity index (χ0n) is 52.6. The Morgan fingerprint density at radius 3 is 0.886 bits per heavy atom. The SMILES string of the molecule is CC/C=C\C/C=C\C/C=C\C/C=C\C/C=C\C/C=C\CCCCCCCCCCCCCCCCCCCCC(=O)NC(CO)C(O)/C=C/CC/C=C/CC/C=C/CCCCCCCCCCCCCCCCCCCCCC. The number of rotatable bonds is 63. The van der Waals surface area contributed by atoms with Crippen LogP contribution in [0.1, 0.15) is 341 Å². The van der Waals surface area contributed by atoms with Crippen molar-refractivity contribution in [3.8, 4) is 0 Å². The molecule has 456 valence electrons. The van der Waals surface area contributed by atoms with Crippen LogP contribution >= 0.6 is 0 Å². The number of allylic oxidation sites excluding steroid dienone is 17. The zero-order chi connectivity index (χ0) is 56.9. The molecule has 0 aliphatic rings. The highest BCUT2D eigenvalue weighted by molar-refractivity contribution is 5.76. The normalized spacial score (nSPS) is 13.4. The lowest BCUT2D eigenvalue weighted by Crippen LogP contribution is -2.45. The van der Waals surface area contributed by atoms with Crippen LogP contribution in [-0.4, -0.2) is 34.9 Å². The molecular weight excluding hydrogens is 963 g/mol. The molecule has 0 aliphatic heterocycles. The molecule has 3 N–H and O–H groups in total. The van der Waals surface area contributed by atoms with Crippen LogP contribution in [0.2, 0.25) is 0 Å². The minimum Gasteiger partial charge on any atom is -0.394 e. The van der Waals surface area contributed by atoms with Gasteiger partial charge in [-0.1, -0.05) is 348 Å². The van der Waals surface area contributed by atoms with Crippen LogP contribution in [0.4, 0.5) is 0 Å². The Morgan fingerprint density at radius 2 is 0.570 bits per heavy atom. The van der Waals surface area contributed by atoms with Gasteiger partial charge in [-0.15, -0.1) is 0 Å². The highest BCUT2D eigenvalue weighted by Crippen LogP contribution is 2.18. The summed E-state index contributed by atoms with van der Waals surface area (Å²) in [5.74, 6) is -0.0763. The molecule has 0 aromatic rings. The van der Waals surface area contributed by atoms with E-state index in [0.29, 0.717) is 6.42 Å². The molecule has 0 rings (SSSR count). The summed E-state index contributed by atoms with van der Waals surface area (Å²) in [6, 6.07) is -0.652. The van der Waals surface area contributed by atoms with Gasteiger partial charge in [-0.3, -0.25) is 4.79 Å². The van der Waals surface area contributed by atoms with Gasteiger partial charge in [-0.05, 0) is 96.3 Å². The van der Waals surface area contributed by atoms with Crippen molar-refractivity contribution in [2.24, 2.45) is 0 Å². The molecular formula is C75H133NO3. The Morgan fingerprint density at radius 1 is 0.316 bits per heavy atom. The quantitative estimate of drug-likeness (QED) is 0.0420. The third-order valence-electron chi connectivity index (χ3n) is 15.5. The van der Waals surface area contributed by atoms with Crippen LogP contribution in [0, 0.1) is 0 Å². The van der Waals surface area contributed by atoms with Crippen molar-refractivity contribution >= 4 is 5.91 Å². The van der Waals surface area contributed by atoms with Gasteiger partial charge in [0.15, 0.2) is 0 Å². The first-order valence-corrected chi connectivity index (χ1v) is 34.6.